The van der Waals surface area contributed by atoms with E-state index in [1.165, 1.54) is 0 Å². The van der Waals surface area contributed by atoms with Crippen LogP contribution in [0.4, 0.5) is 10.5 Å². The second-order valence-corrected chi connectivity index (χ2v) is 5.54. The average molecular weight is 299 g/mol. The number of aliphatic hydroxyl groups is 1. The molecular weight excluding hydrogens is 278 g/mol. The number of aliphatic hydroxyl groups excluding tert-OH is 1. The molecule has 0 bridgehead atoms. The van der Waals surface area contributed by atoms with Gasteiger partial charge in [0.2, 0.25) is 0 Å². The van der Waals surface area contributed by atoms with Crippen LogP contribution in [0.25, 0.3) is 10.8 Å². The average Bonchev–Trinajstić information content (AvgIpc) is 2.56. The Morgan fingerprint density at radius 1 is 1.05 bits per heavy atom. The van der Waals surface area contributed by atoms with Crippen LogP contribution in [0, 0.1) is 0 Å². The molecule has 1 saturated heterocycles. The van der Waals surface area contributed by atoms with Crippen LogP contribution >= 0.6 is 0 Å². The number of hydrogen-bond donors (Lipinski definition) is 2. The van der Waals surface area contributed by atoms with Crippen molar-refractivity contribution in [3.63, 3.8) is 0 Å². The zero-order chi connectivity index (χ0) is 15.4. The van der Waals surface area contributed by atoms with Gasteiger partial charge in [-0.15, -0.1) is 0 Å². The molecule has 2 aromatic rings. The van der Waals surface area contributed by atoms with Crippen molar-refractivity contribution in [2.75, 3.05) is 44.6 Å². The van der Waals surface area contributed by atoms with E-state index < -0.39 is 0 Å². The Hall–Kier alpha value is -2.11. The number of nitrogens with zero attached hydrogens (tertiary/aromatic N) is 2. The van der Waals surface area contributed by atoms with Crippen LogP contribution in [0.5, 0.6) is 0 Å². The maximum atomic E-state index is 12.3. The van der Waals surface area contributed by atoms with Gasteiger partial charge < -0.3 is 15.3 Å². The zero-order valence-corrected chi connectivity index (χ0v) is 12.5. The molecule has 0 radical (unpaired) electrons. The van der Waals surface area contributed by atoms with Crippen LogP contribution in [0.2, 0.25) is 0 Å². The van der Waals surface area contributed by atoms with Gasteiger partial charge in [-0.05, 0) is 22.9 Å². The molecule has 0 unspecified atom stereocenters. The van der Waals surface area contributed by atoms with E-state index in [9.17, 15) is 4.79 Å². The molecule has 3 rings (SSSR count). The molecule has 1 heterocycles. The molecule has 1 fully saturated rings. The standard InChI is InChI=1S/C17H21N3O2/c21-12-11-19-7-9-20(10-8-19)17(22)18-16-6-5-14-3-1-2-4-15(14)13-16/h1-6,13,21H,7-12H2,(H,18,22). The SMILES string of the molecule is O=C(Nc1ccc2ccccc2c1)N1CCN(CCO)CC1. The molecule has 0 saturated carbocycles. The molecule has 2 amide bonds. The van der Waals surface area contributed by atoms with E-state index in [1.54, 1.807) is 0 Å². The summed E-state index contributed by atoms with van der Waals surface area (Å²) in [4.78, 5) is 16.3. The van der Waals surface area contributed by atoms with Crippen molar-refractivity contribution in [2.24, 2.45) is 0 Å². The van der Waals surface area contributed by atoms with Gasteiger partial charge in [-0.2, -0.15) is 0 Å². The second kappa shape index (κ2) is 6.77. The lowest BCUT2D eigenvalue weighted by molar-refractivity contribution is 0.127. The van der Waals surface area contributed by atoms with E-state index >= 15 is 0 Å². The molecule has 22 heavy (non-hydrogen) atoms. The van der Waals surface area contributed by atoms with Crippen molar-refractivity contribution in [1.82, 2.24) is 9.80 Å². The van der Waals surface area contributed by atoms with Crippen molar-refractivity contribution >= 4 is 22.5 Å². The summed E-state index contributed by atoms with van der Waals surface area (Å²) in [5, 5.41) is 14.2. The molecular formula is C17H21N3O2. The molecule has 5 heteroatoms. The third-order valence-electron chi connectivity index (χ3n) is 4.08. The third kappa shape index (κ3) is 3.37. The fourth-order valence-electron chi connectivity index (χ4n) is 2.79. The third-order valence-corrected chi connectivity index (χ3v) is 4.08. The molecule has 0 aliphatic carbocycles. The summed E-state index contributed by atoms with van der Waals surface area (Å²) in [6.07, 6.45) is 0. The molecule has 0 aromatic heterocycles. The number of rotatable bonds is 3. The fraction of sp³-hybridized carbons (Fsp3) is 0.353. The Bertz CT molecular complexity index is 651. The minimum Gasteiger partial charge on any atom is -0.395 e. The Balaban J connectivity index is 1.61. The van der Waals surface area contributed by atoms with Gasteiger partial charge in [0, 0.05) is 38.4 Å². The lowest BCUT2D eigenvalue weighted by atomic mass is 10.1. The number of anilines is 1. The zero-order valence-electron chi connectivity index (χ0n) is 12.5. The van der Waals surface area contributed by atoms with Gasteiger partial charge in [0.25, 0.3) is 0 Å². The number of fused-ring (bicyclic) bond motifs is 1. The van der Waals surface area contributed by atoms with Crippen molar-refractivity contribution < 1.29 is 9.90 Å². The predicted octanol–water partition coefficient (Wildman–Crippen LogP) is 1.98. The van der Waals surface area contributed by atoms with Gasteiger partial charge in [0.1, 0.15) is 0 Å². The maximum Gasteiger partial charge on any atom is 0.321 e. The summed E-state index contributed by atoms with van der Waals surface area (Å²) in [5.74, 6) is 0. The number of nitrogens with one attached hydrogen (secondary N) is 1. The van der Waals surface area contributed by atoms with Crippen molar-refractivity contribution in [2.45, 2.75) is 0 Å². The molecule has 0 atom stereocenters. The molecule has 2 N–H and O–H groups in total. The number of hydrogen-bond acceptors (Lipinski definition) is 3. The van der Waals surface area contributed by atoms with Gasteiger partial charge in [0.15, 0.2) is 0 Å². The number of carbonyl (C=O) groups excluding carboxylic acids is 1. The van der Waals surface area contributed by atoms with Gasteiger partial charge in [0.05, 0.1) is 6.61 Å². The minimum absolute atomic E-state index is 0.0565. The second-order valence-electron chi connectivity index (χ2n) is 5.54. The van der Waals surface area contributed by atoms with E-state index in [2.05, 4.69) is 16.3 Å². The van der Waals surface area contributed by atoms with Gasteiger partial charge in [-0.3, -0.25) is 4.90 Å². The molecule has 1 aliphatic heterocycles. The number of benzene rings is 2. The Labute approximate surface area is 130 Å². The molecule has 5 nitrogen and oxygen atoms in total. The first-order chi connectivity index (χ1) is 10.8. The first kappa shape index (κ1) is 14.8. The Kier molecular flexibility index (Phi) is 4.56. The van der Waals surface area contributed by atoms with Crippen LogP contribution in [-0.2, 0) is 0 Å². The molecule has 2 aromatic carbocycles. The summed E-state index contributed by atoms with van der Waals surface area (Å²) in [5.41, 5.74) is 0.821. The molecule has 0 spiro atoms. The number of amides is 2. The van der Waals surface area contributed by atoms with Crippen molar-refractivity contribution in [3.8, 4) is 0 Å². The lowest BCUT2D eigenvalue weighted by Gasteiger charge is -2.34. The summed E-state index contributed by atoms with van der Waals surface area (Å²) >= 11 is 0. The van der Waals surface area contributed by atoms with Crippen molar-refractivity contribution in [1.29, 1.82) is 0 Å². The first-order valence-corrected chi connectivity index (χ1v) is 7.64. The minimum atomic E-state index is -0.0565. The van der Waals surface area contributed by atoms with Crippen LogP contribution < -0.4 is 5.32 Å². The highest BCUT2D eigenvalue weighted by molar-refractivity contribution is 5.93. The number of piperazine rings is 1. The molecule has 1 aliphatic rings. The van der Waals surface area contributed by atoms with Crippen LogP contribution in [0.1, 0.15) is 0 Å². The largest absolute Gasteiger partial charge is 0.395 e. The van der Waals surface area contributed by atoms with E-state index in [0.29, 0.717) is 19.6 Å². The highest BCUT2D eigenvalue weighted by Crippen LogP contribution is 2.19. The summed E-state index contributed by atoms with van der Waals surface area (Å²) < 4.78 is 0. The summed E-state index contributed by atoms with van der Waals surface area (Å²) in [7, 11) is 0. The number of urea groups is 1. The summed E-state index contributed by atoms with van der Waals surface area (Å²) in [6.45, 7) is 3.86. The monoisotopic (exact) mass is 299 g/mol. The van der Waals surface area contributed by atoms with Crippen LogP contribution in [0.3, 0.4) is 0 Å². The normalized spacial score (nSPS) is 16.0. The smallest absolute Gasteiger partial charge is 0.321 e. The van der Waals surface area contributed by atoms with E-state index in [1.807, 2.05) is 41.3 Å². The van der Waals surface area contributed by atoms with E-state index in [4.69, 9.17) is 5.11 Å². The topological polar surface area (TPSA) is 55.8 Å². The van der Waals surface area contributed by atoms with Gasteiger partial charge in [-0.1, -0.05) is 30.3 Å². The van der Waals surface area contributed by atoms with E-state index in [-0.39, 0.29) is 12.6 Å². The molecule has 116 valence electrons. The Morgan fingerprint density at radius 3 is 2.50 bits per heavy atom. The Morgan fingerprint density at radius 2 is 1.77 bits per heavy atom. The fourth-order valence-corrected chi connectivity index (χ4v) is 2.79. The highest BCUT2D eigenvalue weighted by Gasteiger charge is 2.20. The summed E-state index contributed by atoms with van der Waals surface area (Å²) in [6, 6.07) is 14.0. The quantitative estimate of drug-likeness (QED) is 0.911. The maximum absolute atomic E-state index is 12.3. The highest BCUT2D eigenvalue weighted by atomic mass is 16.3. The predicted molar refractivity (Wildman–Crippen MR) is 88.1 cm³/mol. The number of carbonyl (C=O) groups is 1. The van der Waals surface area contributed by atoms with Gasteiger partial charge >= 0.3 is 6.03 Å². The van der Waals surface area contributed by atoms with Crippen LogP contribution in [-0.4, -0.2) is 60.3 Å². The van der Waals surface area contributed by atoms with Crippen molar-refractivity contribution in [3.05, 3.63) is 42.5 Å². The van der Waals surface area contributed by atoms with E-state index in [0.717, 1.165) is 29.5 Å². The first-order valence-electron chi connectivity index (χ1n) is 7.64. The number of β-amino-alcohol motifs (C(OH)–C–C–N with tert-alkyl or cyclic N) is 1. The van der Waals surface area contributed by atoms with Crippen LogP contribution in [0.15, 0.2) is 42.5 Å². The lowest BCUT2D eigenvalue weighted by Crippen LogP contribution is -2.50. The van der Waals surface area contributed by atoms with Gasteiger partial charge in [-0.25, -0.2) is 4.79 Å².